The molecule has 0 amide bonds. The van der Waals surface area contributed by atoms with E-state index in [0.29, 0.717) is 6.61 Å². The van der Waals surface area contributed by atoms with E-state index in [1.807, 2.05) is 0 Å². The highest BCUT2D eigenvalue weighted by molar-refractivity contribution is 5.62. The minimum atomic E-state index is -1.83. The summed E-state index contributed by atoms with van der Waals surface area (Å²) < 4.78 is 8.96. The number of rotatable bonds is 2. The maximum atomic E-state index is 10.1. The number of carbonyl (C=O) groups excluding carboxylic acids is 1. The van der Waals surface area contributed by atoms with Crippen molar-refractivity contribution >= 4 is 12.3 Å². The Morgan fingerprint density at radius 2 is 1.75 bits per heavy atom. The topological polar surface area (TPSA) is 93.1 Å². The van der Waals surface area contributed by atoms with Crippen LogP contribution in [0, 0.1) is 0 Å². The van der Waals surface area contributed by atoms with Gasteiger partial charge < -0.3 is 19.7 Å². The highest BCUT2D eigenvalue weighted by atomic mass is 16.8. The zero-order valence-electron chi connectivity index (χ0n) is 8.67. The lowest BCUT2D eigenvalue weighted by atomic mass is 10.4. The lowest BCUT2D eigenvalue weighted by Gasteiger charge is -1.92. The highest BCUT2D eigenvalue weighted by Crippen LogP contribution is 2.05. The fourth-order valence-corrected chi connectivity index (χ4v) is 0.458. The van der Waals surface area contributed by atoms with Gasteiger partial charge in [0.2, 0.25) is 0 Å². The van der Waals surface area contributed by atoms with Gasteiger partial charge >= 0.3 is 12.3 Å². The van der Waals surface area contributed by atoms with Crippen LogP contribution in [0.3, 0.4) is 0 Å². The molecule has 0 aliphatic carbocycles. The van der Waals surface area contributed by atoms with Gasteiger partial charge in [-0.3, -0.25) is 0 Å². The summed E-state index contributed by atoms with van der Waals surface area (Å²) in [5.74, 6) is 0. The van der Waals surface area contributed by atoms with Gasteiger partial charge in [0, 0.05) is 0 Å². The summed E-state index contributed by atoms with van der Waals surface area (Å²) in [6.45, 7) is 10.4. The molecule has 0 spiro atoms. The van der Waals surface area contributed by atoms with Crippen LogP contribution in [0.1, 0.15) is 0 Å². The molecule has 1 aliphatic rings. The van der Waals surface area contributed by atoms with Crippen LogP contribution in [0.4, 0.5) is 9.59 Å². The molecule has 1 saturated heterocycles. The normalized spacial score (nSPS) is 16.0. The molecule has 16 heavy (non-hydrogen) atoms. The molecule has 6 nitrogen and oxygen atoms in total. The van der Waals surface area contributed by atoms with E-state index >= 15 is 0 Å². The third kappa shape index (κ3) is 14.3. The van der Waals surface area contributed by atoms with Gasteiger partial charge in [0.15, 0.2) is 6.10 Å². The number of cyclic esters (lactones) is 2. The van der Waals surface area contributed by atoms with Crippen molar-refractivity contribution in [3.63, 3.8) is 0 Å². The average molecular weight is 230 g/mol. The molecule has 1 unspecified atom stereocenters. The second-order valence-electron chi connectivity index (χ2n) is 2.21. The minimum Gasteiger partial charge on any atom is -0.450 e. The molecule has 0 aromatic carbocycles. The van der Waals surface area contributed by atoms with Crippen LogP contribution < -0.4 is 0 Å². The third-order valence-electron chi connectivity index (χ3n) is 1.04. The van der Waals surface area contributed by atoms with Gasteiger partial charge in [0.05, 0.1) is 0 Å². The minimum absolute atomic E-state index is 0.234. The van der Waals surface area contributed by atoms with E-state index in [4.69, 9.17) is 15.0 Å². The van der Waals surface area contributed by atoms with Crippen LogP contribution in [0.25, 0.3) is 0 Å². The zero-order valence-corrected chi connectivity index (χ0v) is 8.67. The van der Waals surface area contributed by atoms with Crippen molar-refractivity contribution in [3.05, 3.63) is 38.0 Å². The summed E-state index contributed by atoms with van der Waals surface area (Å²) in [5.41, 5.74) is 0. The second kappa shape index (κ2) is 10.8. The Morgan fingerprint density at radius 1 is 1.31 bits per heavy atom. The summed E-state index contributed by atoms with van der Waals surface area (Å²) in [5, 5.41) is 13.9. The first-order valence-corrected chi connectivity index (χ1v) is 4.09. The van der Waals surface area contributed by atoms with Gasteiger partial charge in [0.1, 0.15) is 6.61 Å². The molecule has 90 valence electrons. The Kier molecular flexibility index (Phi) is 11.0. The van der Waals surface area contributed by atoms with Crippen LogP contribution >= 0.6 is 0 Å². The largest absolute Gasteiger partial charge is 0.509 e. The van der Waals surface area contributed by atoms with Crippen molar-refractivity contribution in [2.24, 2.45) is 0 Å². The average Bonchev–Trinajstić information content (AvgIpc) is 2.64. The Hall–Kier alpha value is -2.24. The lowest BCUT2D eigenvalue weighted by Crippen LogP contribution is -2.03. The number of allylic oxidation sites excluding steroid dienone is 2. The third-order valence-corrected chi connectivity index (χ3v) is 1.04. The van der Waals surface area contributed by atoms with Crippen LogP contribution in [0.5, 0.6) is 0 Å². The Bertz CT molecular complexity index is 248. The lowest BCUT2D eigenvalue weighted by molar-refractivity contribution is 0.125. The van der Waals surface area contributed by atoms with E-state index in [9.17, 15) is 4.79 Å². The van der Waals surface area contributed by atoms with E-state index in [0.717, 1.165) is 0 Å². The van der Waals surface area contributed by atoms with E-state index in [2.05, 4.69) is 29.2 Å². The van der Waals surface area contributed by atoms with Gasteiger partial charge in [-0.15, -0.1) is 0 Å². The summed E-state index contributed by atoms with van der Waals surface area (Å²) in [6, 6.07) is 0. The van der Waals surface area contributed by atoms with Gasteiger partial charge in [0.25, 0.3) is 0 Å². The standard InChI is InChI=1S/C5H6O3.C4H6.CH2O3/c1-2-4-3-7-5(6)8-4;1-3-4-2;2-1(3)4/h2,4H,1,3H2;3-4H,1-2H2;(H2,2,3,4). The summed E-state index contributed by atoms with van der Waals surface area (Å²) in [7, 11) is 0. The molecule has 0 radical (unpaired) electrons. The predicted molar refractivity (Wildman–Crippen MR) is 57.5 cm³/mol. The molecule has 0 saturated carbocycles. The maximum absolute atomic E-state index is 10.1. The first kappa shape index (κ1) is 16.2. The highest BCUT2D eigenvalue weighted by Gasteiger charge is 2.20. The van der Waals surface area contributed by atoms with Gasteiger partial charge in [-0.2, -0.15) is 0 Å². The smallest absolute Gasteiger partial charge is 0.450 e. The van der Waals surface area contributed by atoms with E-state index < -0.39 is 12.3 Å². The van der Waals surface area contributed by atoms with Crippen LogP contribution in [0.15, 0.2) is 38.0 Å². The first-order valence-electron chi connectivity index (χ1n) is 4.09. The molecular formula is C10H14O6. The van der Waals surface area contributed by atoms with Crippen molar-refractivity contribution in [2.75, 3.05) is 6.61 Å². The van der Waals surface area contributed by atoms with E-state index in [1.54, 1.807) is 12.2 Å². The van der Waals surface area contributed by atoms with Crippen molar-refractivity contribution in [1.82, 2.24) is 0 Å². The zero-order chi connectivity index (χ0) is 13.0. The monoisotopic (exact) mass is 230 g/mol. The van der Waals surface area contributed by atoms with Crippen molar-refractivity contribution in [2.45, 2.75) is 6.10 Å². The van der Waals surface area contributed by atoms with Crippen molar-refractivity contribution in [3.8, 4) is 0 Å². The Labute approximate surface area is 93.1 Å². The molecule has 1 aliphatic heterocycles. The van der Waals surface area contributed by atoms with E-state index in [1.165, 1.54) is 6.08 Å². The molecule has 1 rings (SSSR count). The molecule has 6 heteroatoms. The molecule has 0 aromatic heterocycles. The Balaban J connectivity index is 0. The predicted octanol–water partition coefficient (Wildman–Crippen LogP) is 2.29. The molecule has 0 bridgehead atoms. The molecule has 2 N–H and O–H groups in total. The van der Waals surface area contributed by atoms with Gasteiger partial charge in [-0.05, 0) is 6.08 Å². The van der Waals surface area contributed by atoms with Crippen LogP contribution in [-0.2, 0) is 9.47 Å². The molecule has 1 heterocycles. The fourth-order valence-electron chi connectivity index (χ4n) is 0.458. The number of carboxylic acid groups (broad SMARTS) is 2. The van der Waals surface area contributed by atoms with Gasteiger partial charge in [-0.25, -0.2) is 9.59 Å². The van der Waals surface area contributed by atoms with Crippen molar-refractivity contribution in [1.29, 1.82) is 0 Å². The first-order chi connectivity index (χ1) is 7.47. The van der Waals surface area contributed by atoms with Crippen LogP contribution in [-0.4, -0.2) is 35.2 Å². The number of hydrogen-bond acceptors (Lipinski definition) is 4. The maximum Gasteiger partial charge on any atom is 0.509 e. The molecule has 0 aromatic rings. The van der Waals surface area contributed by atoms with E-state index in [-0.39, 0.29) is 6.10 Å². The molecule has 1 atom stereocenters. The molecular weight excluding hydrogens is 216 g/mol. The summed E-state index contributed by atoms with van der Waals surface area (Å²) in [4.78, 5) is 18.7. The summed E-state index contributed by atoms with van der Waals surface area (Å²) >= 11 is 0. The summed E-state index contributed by atoms with van der Waals surface area (Å²) in [6.07, 6.45) is 2.14. The Morgan fingerprint density at radius 3 is 1.88 bits per heavy atom. The second-order valence-corrected chi connectivity index (χ2v) is 2.21. The number of ether oxygens (including phenoxy) is 2. The van der Waals surface area contributed by atoms with Crippen molar-refractivity contribution < 1.29 is 29.3 Å². The number of hydrogen-bond donors (Lipinski definition) is 2. The van der Waals surface area contributed by atoms with Crippen LogP contribution in [0.2, 0.25) is 0 Å². The fraction of sp³-hybridized carbons (Fsp3) is 0.200. The quantitative estimate of drug-likeness (QED) is 0.429. The molecule has 1 fully saturated rings. The number of carbonyl (C=O) groups is 2. The SMILES string of the molecule is C=CC1COC(=O)O1.C=CC=C.O=C(O)O. The van der Waals surface area contributed by atoms with Gasteiger partial charge in [-0.1, -0.05) is 31.9 Å².